The molecule has 0 spiro atoms. The molecule has 0 bridgehead atoms. The third-order valence-corrected chi connectivity index (χ3v) is 9.67. The van der Waals surface area contributed by atoms with Crippen LogP contribution in [0.2, 0.25) is 0 Å². The van der Waals surface area contributed by atoms with Gasteiger partial charge in [-0.1, -0.05) is 103 Å². The van der Waals surface area contributed by atoms with Crippen LogP contribution in [0.1, 0.15) is 56.8 Å². The van der Waals surface area contributed by atoms with Crippen molar-refractivity contribution < 1.29 is 23.9 Å². The Bertz CT molecular complexity index is 1920. The van der Waals surface area contributed by atoms with Crippen molar-refractivity contribution in [1.29, 1.82) is 0 Å². The van der Waals surface area contributed by atoms with Gasteiger partial charge in [0.05, 0.1) is 5.56 Å². The molecule has 43 heavy (non-hydrogen) atoms. The molecule has 0 aromatic heterocycles. The van der Waals surface area contributed by atoms with Gasteiger partial charge >= 0.3 is 7.60 Å². The number of benzene rings is 5. The summed E-state index contributed by atoms with van der Waals surface area (Å²) in [5.74, 6) is -1.12. The Labute approximate surface area is 250 Å². The van der Waals surface area contributed by atoms with Gasteiger partial charge in [0, 0.05) is 18.7 Å². The van der Waals surface area contributed by atoms with Gasteiger partial charge in [-0.3, -0.25) is 14.2 Å². The summed E-state index contributed by atoms with van der Waals surface area (Å²) >= 11 is 0. The molecule has 2 unspecified atom stereocenters. The minimum atomic E-state index is -5.00. The van der Waals surface area contributed by atoms with Crippen molar-refractivity contribution in [3.8, 4) is 0 Å². The van der Waals surface area contributed by atoms with Gasteiger partial charge in [0.25, 0.3) is 5.91 Å². The van der Waals surface area contributed by atoms with E-state index in [4.69, 9.17) is 0 Å². The van der Waals surface area contributed by atoms with Crippen LogP contribution in [0, 0.1) is 0 Å². The number of nitrogens with zero attached hydrogens (tertiary/aromatic N) is 1. The van der Waals surface area contributed by atoms with E-state index in [1.165, 1.54) is 11.1 Å². The first-order valence-electron chi connectivity index (χ1n) is 14.3. The highest BCUT2D eigenvalue weighted by molar-refractivity contribution is 7.53. The Morgan fingerprint density at radius 1 is 0.791 bits per heavy atom. The van der Waals surface area contributed by atoms with E-state index in [-0.39, 0.29) is 28.6 Å². The second kappa shape index (κ2) is 11.7. The number of ketones is 1. The van der Waals surface area contributed by atoms with Crippen molar-refractivity contribution >= 4 is 46.4 Å². The molecule has 7 heteroatoms. The summed E-state index contributed by atoms with van der Waals surface area (Å²) in [4.78, 5) is 51.3. The molecule has 5 aromatic rings. The second-order valence-electron chi connectivity index (χ2n) is 11.1. The van der Waals surface area contributed by atoms with E-state index >= 15 is 0 Å². The van der Waals surface area contributed by atoms with Gasteiger partial charge in [0.15, 0.2) is 5.78 Å². The highest BCUT2D eigenvalue weighted by Crippen LogP contribution is 2.55. The van der Waals surface area contributed by atoms with E-state index in [2.05, 4.69) is 18.2 Å². The monoisotopic (exact) mass is 589 g/mol. The molecule has 1 amide bonds. The zero-order valence-corrected chi connectivity index (χ0v) is 24.7. The lowest BCUT2D eigenvalue weighted by Gasteiger charge is -2.32. The van der Waals surface area contributed by atoms with Crippen molar-refractivity contribution in [3.05, 3.63) is 138 Å². The molecule has 2 atom stereocenters. The zero-order valence-electron chi connectivity index (χ0n) is 23.8. The standard InChI is InChI=1S/C36H32NO5P/c1-37(29-20-18-25(19-21-29)24-10-3-2-4-11-24)36(39)33-23-28-14-6-5-13-27(28)22-32(33)34(38)35(43(40,41)42)31-17-9-15-26-12-7-8-16-30(26)31/h2-18,22-23,29,35H,19-21H2,1H3,(H2,40,41,42). The maximum absolute atomic E-state index is 14.3. The molecule has 1 aliphatic carbocycles. The fourth-order valence-corrected chi connectivity index (χ4v) is 7.21. The predicted molar refractivity (Wildman–Crippen MR) is 171 cm³/mol. The molecule has 1 aliphatic rings. The summed E-state index contributed by atoms with van der Waals surface area (Å²) in [5.41, 5.74) is 1.05. The second-order valence-corrected chi connectivity index (χ2v) is 12.8. The van der Waals surface area contributed by atoms with E-state index in [1.54, 1.807) is 48.3 Å². The molecule has 216 valence electrons. The fourth-order valence-electron chi connectivity index (χ4n) is 6.17. The third-order valence-electron chi connectivity index (χ3n) is 8.48. The Morgan fingerprint density at radius 2 is 1.40 bits per heavy atom. The Morgan fingerprint density at radius 3 is 2.05 bits per heavy atom. The van der Waals surface area contributed by atoms with Crippen molar-refractivity contribution in [2.45, 2.75) is 31.0 Å². The number of Topliss-reactive ketones (excluding diaryl/α,β-unsaturated/α-hetero) is 1. The van der Waals surface area contributed by atoms with Crippen molar-refractivity contribution in [1.82, 2.24) is 4.90 Å². The van der Waals surface area contributed by atoms with Crippen LogP contribution in [-0.2, 0) is 4.57 Å². The largest absolute Gasteiger partial charge is 0.340 e. The highest BCUT2D eigenvalue weighted by Gasteiger charge is 2.40. The lowest BCUT2D eigenvalue weighted by molar-refractivity contribution is 0.0719. The van der Waals surface area contributed by atoms with Gasteiger partial charge in [-0.05, 0) is 69.6 Å². The fraction of sp³-hybridized carbons (Fsp3) is 0.167. The molecule has 0 radical (unpaired) electrons. The van der Waals surface area contributed by atoms with E-state index in [9.17, 15) is 23.9 Å². The van der Waals surface area contributed by atoms with E-state index in [0.29, 0.717) is 17.2 Å². The number of allylic oxidation sites excluding steroid dienone is 1. The van der Waals surface area contributed by atoms with Crippen LogP contribution in [-0.4, -0.2) is 39.5 Å². The van der Waals surface area contributed by atoms with Crippen molar-refractivity contribution in [3.63, 3.8) is 0 Å². The van der Waals surface area contributed by atoms with E-state index in [1.807, 2.05) is 60.7 Å². The number of hydrogen-bond donors (Lipinski definition) is 2. The molecule has 0 saturated heterocycles. The minimum Gasteiger partial charge on any atom is -0.338 e. The number of amides is 1. The molecule has 0 heterocycles. The van der Waals surface area contributed by atoms with E-state index < -0.39 is 19.0 Å². The zero-order chi connectivity index (χ0) is 30.1. The first-order valence-corrected chi connectivity index (χ1v) is 16.0. The summed E-state index contributed by atoms with van der Waals surface area (Å²) in [6.07, 6.45) is 4.42. The maximum Gasteiger partial charge on any atom is 0.340 e. The summed E-state index contributed by atoms with van der Waals surface area (Å²) in [6.45, 7) is 0. The molecule has 2 N–H and O–H groups in total. The lowest BCUT2D eigenvalue weighted by atomic mass is 9.89. The molecule has 0 saturated carbocycles. The summed E-state index contributed by atoms with van der Waals surface area (Å²) < 4.78 is 13.0. The first-order chi connectivity index (χ1) is 20.7. The molecule has 6 rings (SSSR count). The van der Waals surface area contributed by atoms with Gasteiger partial charge in [0.2, 0.25) is 0 Å². The first kappa shape index (κ1) is 28.8. The molecule has 0 aliphatic heterocycles. The number of rotatable bonds is 7. The van der Waals surface area contributed by atoms with Gasteiger partial charge in [-0.25, -0.2) is 0 Å². The SMILES string of the molecule is CN(C(=O)c1cc2ccccc2cc1C(=O)C(c1cccc2ccccc12)P(=O)(O)O)C1CC=C(c2ccccc2)CC1. The number of hydrogen-bond acceptors (Lipinski definition) is 3. The average Bonchev–Trinajstić information content (AvgIpc) is 3.03. The Kier molecular flexibility index (Phi) is 7.85. The van der Waals surface area contributed by atoms with Gasteiger partial charge in [-0.2, -0.15) is 0 Å². The van der Waals surface area contributed by atoms with Crippen LogP contribution >= 0.6 is 7.60 Å². The molecular weight excluding hydrogens is 557 g/mol. The number of carbonyl (C=O) groups excluding carboxylic acids is 2. The van der Waals surface area contributed by atoms with Crippen LogP contribution < -0.4 is 0 Å². The summed E-state index contributed by atoms with van der Waals surface area (Å²) in [5, 5.41) is 2.82. The summed E-state index contributed by atoms with van der Waals surface area (Å²) in [6, 6.07) is 33.0. The normalized spacial score (nSPS) is 16.1. The highest BCUT2D eigenvalue weighted by atomic mass is 31.2. The summed E-state index contributed by atoms with van der Waals surface area (Å²) in [7, 11) is -3.26. The van der Waals surface area contributed by atoms with Crippen molar-refractivity contribution in [2.75, 3.05) is 7.05 Å². The number of carbonyl (C=O) groups is 2. The molecule has 6 nitrogen and oxygen atoms in total. The third kappa shape index (κ3) is 5.70. The van der Waals surface area contributed by atoms with Crippen molar-refractivity contribution in [2.24, 2.45) is 0 Å². The molecule has 5 aromatic carbocycles. The molecular formula is C36H32NO5P. The van der Waals surface area contributed by atoms with Gasteiger partial charge in [0.1, 0.15) is 5.66 Å². The van der Waals surface area contributed by atoms with Gasteiger partial charge < -0.3 is 14.7 Å². The smallest absolute Gasteiger partial charge is 0.338 e. The van der Waals surface area contributed by atoms with Crippen LogP contribution in [0.15, 0.2) is 115 Å². The quantitative estimate of drug-likeness (QED) is 0.149. The van der Waals surface area contributed by atoms with Crippen LogP contribution in [0.25, 0.3) is 27.1 Å². The van der Waals surface area contributed by atoms with Crippen LogP contribution in [0.4, 0.5) is 0 Å². The number of fused-ring (bicyclic) bond motifs is 2. The average molecular weight is 590 g/mol. The maximum atomic E-state index is 14.3. The van der Waals surface area contributed by atoms with Crippen LogP contribution in [0.3, 0.4) is 0 Å². The lowest BCUT2D eigenvalue weighted by Crippen LogP contribution is -2.38. The van der Waals surface area contributed by atoms with Crippen LogP contribution in [0.5, 0.6) is 0 Å². The van der Waals surface area contributed by atoms with Gasteiger partial charge in [-0.15, -0.1) is 0 Å². The molecule has 0 fully saturated rings. The Balaban J connectivity index is 1.41. The predicted octanol–water partition coefficient (Wildman–Crippen LogP) is 7.80. The Hall–Kier alpha value is -4.35. The minimum absolute atomic E-state index is 0.00753. The topological polar surface area (TPSA) is 94.9 Å². The van der Waals surface area contributed by atoms with E-state index in [0.717, 1.165) is 23.6 Å².